The fourth-order valence-corrected chi connectivity index (χ4v) is 2.90. The zero-order valence-corrected chi connectivity index (χ0v) is 10.3. The van der Waals surface area contributed by atoms with Crippen molar-refractivity contribution >= 4 is 0 Å². The second-order valence-corrected chi connectivity index (χ2v) is 5.03. The van der Waals surface area contributed by atoms with Gasteiger partial charge in [-0.2, -0.15) is 0 Å². The predicted molar refractivity (Wildman–Crippen MR) is 70.9 cm³/mol. The summed E-state index contributed by atoms with van der Waals surface area (Å²) in [6.45, 7) is 0. The largest absolute Gasteiger partial charge is 0.323 e. The smallest absolute Gasteiger partial charge is 0.115 e. The van der Waals surface area contributed by atoms with Crippen LogP contribution in [0.1, 0.15) is 36.4 Å². The number of hydrogen-bond acceptors (Lipinski definition) is 3. The van der Waals surface area contributed by atoms with Crippen molar-refractivity contribution in [2.75, 3.05) is 0 Å². The van der Waals surface area contributed by atoms with E-state index in [-0.39, 0.29) is 11.5 Å². The van der Waals surface area contributed by atoms with Gasteiger partial charge in [0, 0.05) is 29.4 Å². The van der Waals surface area contributed by atoms with Crippen LogP contribution in [0, 0.1) is 0 Å². The lowest BCUT2D eigenvalue weighted by atomic mass is 9.59. The van der Waals surface area contributed by atoms with Crippen LogP contribution in [0.15, 0.2) is 49.1 Å². The third-order valence-corrected chi connectivity index (χ3v) is 4.13. The lowest BCUT2D eigenvalue weighted by Crippen LogP contribution is -2.44. The molecule has 1 aromatic heterocycles. The Kier molecular flexibility index (Phi) is 2.84. The van der Waals surface area contributed by atoms with Crippen molar-refractivity contribution in [1.82, 2.24) is 9.97 Å². The molecule has 0 saturated heterocycles. The highest BCUT2D eigenvalue weighted by molar-refractivity contribution is 5.33. The molecule has 1 atom stereocenters. The monoisotopic (exact) mass is 239 g/mol. The lowest BCUT2D eigenvalue weighted by Gasteiger charge is -2.47. The van der Waals surface area contributed by atoms with Crippen molar-refractivity contribution in [2.45, 2.75) is 30.7 Å². The molecule has 3 heteroatoms. The van der Waals surface area contributed by atoms with Crippen molar-refractivity contribution in [3.05, 3.63) is 60.2 Å². The van der Waals surface area contributed by atoms with Gasteiger partial charge in [0.05, 0.1) is 0 Å². The van der Waals surface area contributed by atoms with Crippen LogP contribution in [-0.4, -0.2) is 9.97 Å². The van der Waals surface area contributed by atoms with Crippen LogP contribution in [0.4, 0.5) is 0 Å². The Hall–Kier alpha value is -1.74. The summed E-state index contributed by atoms with van der Waals surface area (Å²) in [5.74, 6) is 0. The highest BCUT2D eigenvalue weighted by atomic mass is 14.8. The second kappa shape index (κ2) is 4.50. The fourth-order valence-electron chi connectivity index (χ4n) is 2.90. The lowest BCUT2D eigenvalue weighted by molar-refractivity contribution is 0.196. The molecular weight excluding hydrogens is 222 g/mol. The van der Waals surface area contributed by atoms with Gasteiger partial charge in [0.1, 0.15) is 6.33 Å². The Morgan fingerprint density at radius 1 is 1.06 bits per heavy atom. The van der Waals surface area contributed by atoms with Gasteiger partial charge in [-0.05, 0) is 18.4 Å². The van der Waals surface area contributed by atoms with Crippen LogP contribution in [-0.2, 0) is 5.41 Å². The summed E-state index contributed by atoms with van der Waals surface area (Å²) in [5.41, 5.74) is 8.93. The third-order valence-electron chi connectivity index (χ3n) is 4.13. The molecule has 1 fully saturated rings. The normalized spacial score (nSPS) is 18.9. The van der Waals surface area contributed by atoms with E-state index in [0.717, 1.165) is 18.4 Å². The van der Waals surface area contributed by atoms with Crippen LogP contribution in [0.25, 0.3) is 0 Å². The molecule has 2 N–H and O–H groups in total. The van der Waals surface area contributed by atoms with Crippen molar-refractivity contribution in [3.8, 4) is 0 Å². The van der Waals surface area contributed by atoms with E-state index in [0.29, 0.717) is 0 Å². The molecule has 2 aromatic rings. The Balaban J connectivity index is 1.98. The molecule has 1 aliphatic carbocycles. The summed E-state index contributed by atoms with van der Waals surface area (Å²) in [4.78, 5) is 8.16. The minimum atomic E-state index is -0.0187. The van der Waals surface area contributed by atoms with E-state index in [4.69, 9.17) is 5.73 Å². The molecule has 0 radical (unpaired) electrons. The number of nitrogens with two attached hydrogens (primary N) is 1. The molecule has 1 aliphatic rings. The van der Waals surface area contributed by atoms with E-state index in [1.807, 2.05) is 18.5 Å². The van der Waals surface area contributed by atoms with Gasteiger partial charge in [-0.1, -0.05) is 36.8 Å². The Bertz CT molecular complexity index is 506. The Morgan fingerprint density at radius 2 is 1.72 bits per heavy atom. The van der Waals surface area contributed by atoms with Crippen molar-refractivity contribution < 1.29 is 0 Å². The molecule has 3 rings (SSSR count). The quantitative estimate of drug-likeness (QED) is 0.895. The molecule has 18 heavy (non-hydrogen) atoms. The van der Waals surface area contributed by atoms with Gasteiger partial charge in [0.25, 0.3) is 0 Å². The molecule has 92 valence electrons. The summed E-state index contributed by atoms with van der Waals surface area (Å²) in [6.07, 6.45) is 8.75. The van der Waals surface area contributed by atoms with E-state index >= 15 is 0 Å². The molecule has 1 saturated carbocycles. The Morgan fingerprint density at radius 3 is 2.28 bits per heavy atom. The average molecular weight is 239 g/mol. The minimum absolute atomic E-state index is 0.0187. The summed E-state index contributed by atoms with van der Waals surface area (Å²) in [6, 6.07) is 10.6. The summed E-state index contributed by atoms with van der Waals surface area (Å²) >= 11 is 0. The van der Waals surface area contributed by atoms with E-state index in [1.165, 1.54) is 12.0 Å². The zero-order valence-electron chi connectivity index (χ0n) is 10.3. The number of benzene rings is 1. The first-order valence-electron chi connectivity index (χ1n) is 6.39. The molecule has 0 bridgehead atoms. The van der Waals surface area contributed by atoms with Gasteiger partial charge < -0.3 is 5.73 Å². The van der Waals surface area contributed by atoms with Gasteiger partial charge in [0.2, 0.25) is 0 Å². The maximum absolute atomic E-state index is 6.49. The van der Waals surface area contributed by atoms with Crippen LogP contribution in [0.3, 0.4) is 0 Å². The minimum Gasteiger partial charge on any atom is -0.323 e. The first-order valence-corrected chi connectivity index (χ1v) is 6.39. The molecule has 0 spiro atoms. The SMILES string of the molecule is NC(c1cncnc1)C1(c2ccccc2)CCC1. The highest BCUT2D eigenvalue weighted by Gasteiger charge is 2.44. The molecule has 1 unspecified atom stereocenters. The average Bonchev–Trinajstić information content (AvgIpc) is 2.40. The van der Waals surface area contributed by atoms with E-state index < -0.39 is 0 Å². The number of rotatable bonds is 3. The molecule has 1 aromatic carbocycles. The standard InChI is InChI=1S/C15H17N3/c16-14(12-9-17-11-18-10-12)15(7-4-8-15)13-5-2-1-3-6-13/h1-3,5-6,9-11,14H,4,7-8,16H2. The maximum atomic E-state index is 6.49. The second-order valence-electron chi connectivity index (χ2n) is 5.03. The van der Waals surface area contributed by atoms with Crippen molar-refractivity contribution in [1.29, 1.82) is 0 Å². The Labute approximate surface area is 107 Å². The molecule has 1 heterocycles. The first-order chi connectivity index (χ1) is 8.83. The number of nitrogens with zero attached hydrogens (tertiary/aromatic N) is 2. The fraction of sp³-hybridized carbons (Fsp3) is 0.333. The first kappa shape index (κ1) is 11.4. The van der Waals surface area contributed by atoms with E-state index in [9.17, 15) is 0 Å². The van der Waals surface area contributed by atoms with Gasteiger partial charge in [-0.15, -0.1) is 0 Å². The number of aromatic nitrogens is 2. The third kappa shape index (κ3) is 1.71. The summed E-state index contributed by atoms with van der Waals surface area (Å²) < 4.78 is 0. The molecule has 0 amide bonds. The molecule has 3 nitrogen and oxygen atoms in total. The van der Waals surface area contributed by atoms with Crippen molar-refractivity contribution in [3.63, 3.8) is 0 Å². The van der Waals surface area contributed by atoms with Gasteiger partial charge in [-0.25, -0.2) is 9.97 Å². The van der Waals surface area contributed by atoms with Crippen LogP contribution in [0.2, 0.25) is 0 Å². The van der Waals surface area contributed by atoms with Gasteiger partial charge in [-0.3, -0.25) is 0 Å². The van der Waals surface area contributed by atoms with E-state index in [2.05, 4.69) is 34.2 Å². The zero-order chi connectivity index (χ0) is 12.4. The summed E-state index contributed by atoms with van der Waals surface area (Å²) in [7, 11) is 0. The van der Waals surface area contributed by atoms with E-state index in [1.54, 1.807) is 6.33 Å². The molecular formula is C15H17N3. The predicted octanol–water partition coefficient (Wildman–Crippen LogP) is 2.60. The number of hydrogen-bond donors (Lipinski definition) is 1. The maximum Gasteiger partial charge on any atom is 0.115 e. The highest BCUT2D eigenvalue weighted by Crippen LogP contribution is 2.50. The van der Waals surface area contributed by atoms with Crippen LogP contribution < -0.4 is 5.73 Å². The van der Waals surface area contributed by atoms with Gasteiger partial charge in [0.15, 0.2) is 0 Å². The van der Waals surface area contributed by atoms with Crippen molar-refractivity contribution in [2.24, 2.45) is 5.73 Å². The summed E-state index contributed by atoms with van der Waals surface area (Å²) in [5, 5.41) is 0. The molecule has 0 aliphatic heterocycles. The van der Waals surface area contributed by atoms with Gasteiger partial charge >= 0.3 is 0 Å². The van der Waals surface area contributed by atoms with Crippen LogP contribution >= 0.6 is 0 Å². The topological polar surface area (TPSA) is 51.8 Å². The van der Waals surface area contributed by atoms with Crippen LogP contribution in [0.5, 0.6) is 0 Å².